The van der Waals surface area contributed by atoms with Crippen molar-refractivity contribution in [2.45, 2.75) is 44.7 Å². The molecule has 1 spiro atoms. The maximum absolute atomic E-state index is 14.0. The summed E-state index contributed by atoms with van der Waals surface area (Å²) in [6, 6.07) is 8.68. The van der Waals surface area contributed by atoms with Crippen molar-refractivity contribution in [3.05, 3.63) is 69.5 Å². The maximum atomic E-state index is 14.0. The molecule has 2 saturated heterocycles. The summed E-state index contributed by atoms with van der Waals surface area (Å²) in [6.45, 7) is 0.484. The van der Waals surface area contributed by atoms with E-state index in [0.717, 1.165) is 29.8 Å². The second-order valence-electron chi connectivity index (χ2n) is 9.05. The van der Waals surface area contributed by atoms with Crippen molar-refractivity contribution in [3.63, 3.8) is 0 Å². The fourth-order valence-electron chi connectivity index (χ4n) is 5.51. The molecule has 0 unspecified atom stereocenters. The number of urea groups is 1. The number of barbiturate groups is 1. The van der Waals surface area contributed by atoms with Crippen LogP contribution in [0, 0.1) is 21.3 Å². The number of nitro benzene ring substituents is 1. The summed E-state index contributed by atoms with van der Waals surface area (Å²) in [5.74, 6) is -1.74. The van der Waals surface area contributed by atoms with Crippen LogP contribution in [-0.2, 0) is 22.6 Å². The third-order valence-corrected chi connectivity index (χ3v) is 7.13. The summed E-state index contributed by atoms with van der Waals surface area (Å²) in [5.41, 5.74) is 0.141. The molecule has 0 aliphatic carbocycles. The molecular formula is C24H23FN4O5. The number of hydrogen-bond donors (Lipinski definition) is 1. The summed E-state index contributed by atoms with van der Waals surface area (Å²) < 4.78 is 13.4. The van der Waals surface area contributed by atoms with Crippen LogP contribution in [0.1, 0.15) is 36.8 Å². The van der Waals surface area contributed by atoms with E-state index in [-0.39, 0.29) is 18.7 Å². The highest BCUT2D eigenvalue weighted by molar-refractivity contribution is 6.20. The molecule has 0 aromatic heterocycles. The van der Waals surface area contributed by atoms with E-state index in [9.17, 15) is 28.9 Å². The van der Waals surface area contributed by atoms with E-state index in [4.69, 9.17) is 0 Å². The summed E-state index contributed by atoms with van der Waals surface area (Å²) >= 11 is 0. The highest BCUT2D eigenvalue weighted by atomic mass is 19.1. The number of carbonyl (C=O) groups excluding carboxylic acids is 3. The minimum atomic E-state index is -1.60. The highest BCUT2D eigenvalue weighted by Gasteiger charge is 2.61. The van der Waals surface area contributed by atoms with Crippen molar-refractivity contribution in [3.8, 4) is 0 Å². The molecule has 34 heavy (non-hydrogen) atoms. The highest BCUT2D eigenvalue weighted by Crippen LogP contribution is 2.48. The Morgan fingerprint density at radius 3 is 2.59 bits per heavy atom. The van der Waals surface area contributed by atoms with Crippen molar-refractivity contribution in [2.24, 2.45) is 5.41 Å². The van der Waals surface area contributed by atoms with Gasteiger partial charge in [-0.15, -0.1) is 0 Å². The first-order valence-corrected chi connectivity index (χ1v) is 11.3. The molecule has 9 nitrogen and oxygen atoms in total. The van der Waals surface area contributed by atoms with Gasteiger partial charge in [0.05, 0.1) is 17.5 Å². The van der Waals surface area contributed by atoms with Gasteiger partial charge >= 0.3 is 6.03 Å². The van der Waals surface area contributed by atoms with Gasteiger partial charge in [0.1, 0.15) is 5.82 Å². The third kappa shape index (κ3) is 3.41. The molecule has 3 aliphatic rings. The van der Waals surface area contributed by atoms with Gasteiger partial charge in [-0.1, -0.05) is 25.0 Å². The van der Waals surface area contributed by atoms with Crippen LogP contribution in [0.2, 0.25) is 0 Å². The molecule has 2 aromatic carbocycles. The number of nitrogens with zero attached hydrogens (tertiary/aromatic N) is 3. The van der Waals surface area contributed by atoms with Gasteiger partial charge in [-0.2, -0.15) is 0 Å². The average Bonchev–Trinajstić information content (AvgIpc) is 3.08. The van der Waals surface area contributed by atoms with Gasteiger partial charge in [0.25, 0.3) is 5.69 Å². The predicted molar refractivity (Wildman–Crippen MR) is 119 cm³/mol. The van der Waals surface area contributed by atoms with Crippen LogP contribution in [0.4, 0.5) is 20.6 Å². The van der Waals surface area contributed by atoms with Gasteiger partial charge in [-0.25, -0.2) is 9.18 Å². The first-order chi connectivity index (χ1) is 16.3. The van der Waals surface area contributed by atoms with E-state index in [1.54, 1.807) is 6.07 Å². The molecule has 2 aromatic rings. The molecule has 4 amide bonds. The van der Waals surface area contributed by atoms with Crippen LogP contribution in [0.5, 0.6) is 0 Å². The number of fused-ring (bicyclic) bond motifs is 4. The van der Waals surface area contributed by atoms with E-state index in [1.165, 1.54) is 36.4 Å². The molecule has 3 heterocycles. The lowest BCUT2D eigenvalue weighted by Crippen LogP contribution is -2.71. The quantitative estimate of drug-likeness (QED) is 0.422. The molecule has 2 fully saturated rings. The minimum absolute atomic E-state index is 0.0386. The zero-order valence-electron chi connectivity index (χ0n) is 18.3. The van der Waals surface area contributed by atoms with Crippen molar-refractivity contribution in [1.82, 2.24) is 10.2 Å². The van der Waals surface area contributed by atoms with Gasteiger partial charge in [0.2, 0.25) is 11.8 Å². The Morgan fingerprint density at radius 2 is 1.85 bits per heavy atom. The van der Waals surface area contributed by atoms with E-state index in [1.807, 2.05) is 4.90 Å². The van der Waals surface area contributed by atoms with Crippen LogP contribution >= 0.6 is 0 Å². The summed E-state index contributed by atoms with van der Waals surface area (Å²) in [7, 11) is 0. The predicted octanol–water partition coefficient (Wildman–Crippen LogP) is 3.30. The van der Waals surface area contributed by atoms with Gasteiger partial charge < -0.3 is 4.90 Å². The molecule has 0 bridgehead atoms. The number of halogens is 1. The number of benzene rings is 2. The van der Waals surface area contributed by atoms with Gasteiger partial charge in [0.15, 0.2) is 5.41 Å². The standard InChI is InChI=1S/C24H23FN4O5/c25-17-7-5-15(6-8-17)14-28-22(31)24(21(30)26-23(28)32)13-16-12-18(29(33)34)9-10-19(16)27-11-3-1-2-4-20(24)27/h5-10,12,20H,1-4,11,13-14H2,(H,26,30,32)/t20-,24+/m1/s1. The van der Waals surface area contributed by atoms with Crippen LogP contribution in [-0.4, -0.2) is 40.3 Å². The first-order valence-electron chi connectivity index (χ1n) is 11.3. The number of rotatable bonds is 3. The Balaban J connectivity index is 1.61. The zero-order chi connectivity index (χ0) is 24.0. The summed E-state index contributed by atoms with van der Waals surface area (Å²) in [5, 5.41) is 13.8. The number of amides is 4. The smallest absolute Gasteiger partial charge is 0.331 e. The van der Waals surface area contributed by atoms with Gasteiger partial charge in [-0.05, 0) is 42.2 Å². The van der Waals surface area contributed by atoms with Gasteiger partial charge in [0, 0.05) is 30.8 Å². The SMILES string of the molecule is O=C1NC(=O)[C@@]2(Cc3cc([N+](=O)[O-])ccc3N3CCCCC[C@@H]32)C(=O)N1Cc1ccc(F)cc1. The van der Waals surface area contributed by atoms with Crippen LogP contribution < -0.4 is 10.2 Å². The first kappa shape index (κ1) is 22.0. The van der Waals surface area contributed by atoms with Crippen LogP contribution in [0.15, 0.2) is 42.5 Å². The zero-order valence-corrected chi connectivity index (χ0v) is 18.3. The van der Waals surface area contributed by atoms with Crippen molar-refractivity contribution >= 4 is 29.2 Å². The fraction of sp³-hybridized carbons (Fsp3) is 0.375. The molecule has 3 aliphatic heterocycles. The Hall–Kier alpha value is -3.82. The van der Waals surface area contributed by atoms with Crippen molar-refractivity contribution in [1.29, 1.82) is 0 Å². The summed E-state index contributed by atoms with van der Waals surface area (Å²) in [4.78, 5) is 54.1. The number of hydrogen-bond acceptors (Lipinski definition) is 6. The number of non-ortho nitro benzene ring substituents is 1. The molecule has 10 heteroatoms. The lowest BCUT2D eigenvalue weighted by atomic mass is 9.67. The fourth-order valence-corrected chi connectivity index (χ4v) is 5.51. The second-order valence-corrected chi connectivity index (χ2v) is 9.05. The van der Waals surface area contributed by atoms with Crippen molar-refractivity contribution in [2.75, 3.05) is 11.4 Å². The number of nitro groups is 1. The monoisotopic (exact) mass is 466 g/mol. The number of nitrogens with one attached hydrogen (secondary N) is 1. The van der Waals surface area contributed by atoms with E-state index < -0.39 is 40.0 Å². The minimum Gasteiger partial charge on any atom is -0.367 e. The lowest BCUT2D eigenvalue weighted by Gasteiger charge is -2.51. The summed E-state index contributed by atoms with van der Waals surface area (Å²) in [6.07, 6.45) is 3.14. The number of carbonyl (C=O) groups is 3. The van der Waals surface area contributed by atoms with E-state index in [2.05, 4.69) is 5.32 Å². The van der Waals surface area contributed by atoms with Crippen LogP contribution in [0.3, 0.4) is 0 Å². The van der Waals surface area contributed by atoms with Crippen molar-refractivity contribution < 1.29 is 23.7 Å². The van der Waals surface area contributed by atoms with E-state index >= 15 is 0 Å². The maximum Gasteiger partial charge on any atom is 0.331 e. The molecule has 0 radical (unpaired) electrons. The van der Waals surface area contributed by atoms with E-state index in [0.29, 0.717) is 24.1 Å². The Bertz CT molecular complexity index is 1200. The molecular weight excluding hydrogens is 443 g/mol. The Kier molecular flexibility index (Phi) is 5.30. The molecule has 0 saturated carbocycles. The normalized spacial score (nSPS) is 24.4. The third-order valence-electron chi connectivity index (χ3n) is 7.13. The second kappa shape index (κ2) is 8.19. The lowest BCUT2D eigenvalue weighted by molar-refractivity contribution is -0.384. The van der Waals surface area contributed by atoms with Gasteiger partial charge in [-0.3, -0.25) is 29.9 Å². The topological polar surface area (TPSA) is 113 Å². The average molecular weight is 466 g/mol. The molecule has 1 N–H and O–H groups in total. The Morgan fingerprint density at radius 1 is 1.09 bits per heavy atom. The largest absolute Gasteiger partial charge is 0.367 e. The molecule has 176 valence electrons. The molecule has 5 rings (SSSR count). The number of imide groups is 2. The number of anilines is 1. The van der Waals surface area contributed by atoms with Crippen LogP contribution in [0.25, 0.3) is 0 Å². The molecule has 2 atom stereocenters. The Labute approximate surface area is 194 Å².